The number of ether oxygens (including phenoxy) is 1. The Balaban J connectivity index is 3.27. The number of rotatable bonds is 2. The van der Waals surface area contributed by atoms with Crippen LogP contribution in [0, 0.1) is 0 Å². The van der Waals surface area contributed by atoms with Gasteiger partial charge in [0, 0.05) is 0 Å². The summed E-state index contributed by atoms with van der Waals surface area (Å²) < 4.78 is 29.1. The van der Waals surface area contributed by atoms with Crippen LogP contribution in [-0.2, 0) is 0 Å². The second kappa shape index (κ2) is 3.69. The van der Waals surface area contributed by atoms with Crippen LogP contribution in [0.4, 0.5) is 14.5 Å². The molecule has 4 nitrogen and oxygen atoms in total. The number of methoxy groups -OCH3 is 1. The van der Waals surface area contributed by atoms with E-state index in [-0.39, 0.29) is 16.9 Å². The summed E-state index contributed by atoms with van der Waals surface area (Å²) in [6.45, 7) is 0. The molecule has 0 aromatic carbocycles. The molecule has 0 bridgehead atoms. The molecule has 0 amide bonds. The van der Waals surface area contributed by atoms with Crippen molar-refractivity contribution in [2.45, 2.75) is 6.43 Å². The molecule has 0 spiro atoms. The molecule has 2 N–H and O–H groups in total. The van der Waals surface area contributed by atoms with Crippen LogP contribution in [0.25, 0.3) is 0 Å². The van der Waals surface area contributed by atoms with Gasteiger partial charge in [-0.1, -0.05) is 0 Å². The predicted molar refractivity (Wildman–Crippen MR) is 43.0 cm³/mol. The van der Waals surface area contributed by atoms with Crippen molar-refractivity contribution in [3.8, 4) is 5.88 Å². The summed E-state index contributed by atoms with van der Waals surface area (Å²) >= 11 is 5.35. The summed E-state index contributed by atoms with van der Waals surface area (Å²) in [5.41, 5.74) is 4.37. The molecule has 0 aliphatic rings. The highest BCUT2D eigenvalue weighted by molar-refractivity contribution is 6.28. The molecule has 1 aromatic heterocycles. The van der Waals surface area contributed by atoms with Crippen LogP contribution in [0.15, 0.2) is 0 Å². The van der Waals surface area contributed by atoms with Crippen molar-refractivity contribution >= 4 is 17.3 Å². The minimum Gasteiger partial charge on any atom is -0.479 e. The molecule has 7 heteroatoms. The van der Waals surface area contributed by atoms with Crippen molar-refractivity contribution in [1.82, 2.24) is 9.97 Å². The number of hydrogen-bond donors (Lipinski definition) is 1. The van der Waals surface area contributed by atoms with Crippen LogP contribution in [-0.4, -0.2) is 17.1 Å². The normalized spacial score (nSPS) is 10.5. The van der Waals surface area contributed by atoms with Crippen LogP contribution in [0.3, 0.4) is 0 Å². The smallest absolute Gasteiger partial charge is 0.282 e. The van der Waals surface area contributed by atoms with Gasteiger partial charge in [-0.2, -0.15) is 4.98 Å². The molecule has 13 heavy (non-hydrogen) atoms. The lowest BCUT2D eigenvalue weighted by molar-refractivity contribution is 0.146. The Kier molecular flexibility index (Phi) is 2.82. The van der Waals surface area contributed by atoms with E-state index in [9.17, 15) is 8.78 Å². The summed E-state index contributed by atoms with van der Waals surface area (Å²) in [5, 5.41) is -0.318. The number of nitrogens with zero attached hydrogens (tertiary/aromatic N) is 2. The average Bonchev–Trinajstić information content (AvgIpc) is 2.08. The van der Waals surface area contributed by atoms with E-state index in [0.29, 0.717) is 0 Å². The van der Waals surface area contributed by atoms with Crippen molar-refractivity contribution in [3.63, 3.8) is 0 Å². The van der Waals surface area contributed by atoms with Gasteiger partial charge in [0.15, 0.2) is 0 Å². The van der Waals surface area contributed by atoms with E-state index in [4.69, 9.17) is 17.3 Å². The van der Waals surface area contributed by atoms with Crippen LogP contribution in [0.2, 0.25) is 5.28 Å². The maximum atomic E-state index is 12.2. The highest BCUT2D eigenvalue weighted by Gasteiger charge is 2.18. The molecule has 72 valence electrons. The first-order chi connectivity index (χ1) is 6.06. The van der Waals surface area contributed by atoms with Gasteiger partial charge in [0.25, 0.3) is 6.43 Å². The van der Waals surface area contributed by atoms with E-state index in [1.807, 2.05) is 0 Å². The molecule has 0 atom stereocenters. The lowest BCUT2D eigenvalue weighted by atomic mass is 10.3. The van der Waals surface area contributed by atoms with Crippen LogP contribution in [0.1, 0.15) is 12.1 Å². The fraction of sp³-hybridized carbons (Fsp3) is 0.333. The van der Waals surface area contributed by atoms with Crippen molar-refractivity contribution in [3.05, 3.63) is 11.0 Å². The molecule has 0 aliphatic heterocycles. The Morgan fingerprint density at radius 3 is 2.54 bits per heavy atom. The first-order valence-corrected chi connectivity index (χ1v) is 3.59. The van der Waals surface area contributed by atoms with Crippen molar-refractivity contribution < 1.29 is 13.5 Å². The quantitative estimate of drug-likeness (QED) is 0.753. The van der Waals surface area contributed by atoms with E-state index >= 15 is 0 Å². The summed E-state index contributed by atoms with van der Waals surface area (Å²) in [5.74, 6) is -0.143. The number of hydrogen-bond acceptors (Lipinski definition) is 4. The van der Waals surface area contributed by atoms with Gasteiger partial charge in [-0.25, -0.2) is 13.8 Å². The zero-order chi connectivity index (χ0) is 10.0. The first kappa shape index (κ1) is 9.91. The van der Waals surface area contributed by atoms with E-state index in [1.165, 1.54) is 7.11 Å². The van der Waals surface area contributed by atoms with E-state index in [0.717, 1.165) is 0 Å². The number of alkyl halides is 2. The highest BCUT2D eigenvalue weighted by atomic mass is 35.5. The van der Waals surface area contributed by atoms with Gasteiger partial charge in [-0.3, -0.25) is 0 Å². The molecule has 0 saturated carbocycles. The molecule has 1 rings (SSSR count). The number of aromatic nitrogens is 2. The van der Waals surface area contributed by atoms with E-state index in [2.05, 4.69) is 14.7 Å². The molecule has 0 unspecified atom stereocenters. The fourth-order valence-corrected chi connectivity index (χ4v) is 0.928. The van der Waals surface area contributed by atoms with Crippen molar-refractivity contribution in [2.24, 2.45) is 0 Å². The lowest BCUT2D eigenvalue weighted by Gasteiger charge is -2.07. The van der Waals surface area contributed by atoms with Gasteiger partial charge in [0.05, 0.1) is 7.11 Å². The van der Waals surface area contributed by atoms with Crippen LogP contribution >= 0.6 is 11.6 Å². The minimum absolute atomic E-state index is 0.143. The molecule has 0 aliphatic carbocycles. The second-order valence-electron chi connectivity index (χ2n) is 2.10. The third kappa shape index (κ3) is 1.95. The molecule has 0 saturated heterocycles. The average molecular weight is 210 g/mol. The Labute approximate surface area is 77.7 Å². The fourth-order valence-electron chi connectivity index (χ4n) is 0.760. The Morgan fingerprint density at radius 1 is 1.46 bits per heavy atom. The van der Waals surface area contributed by atoms with Crippen LogP contribution < -0.4 is 10.5 Å². The number of anilines is 1. The number of nitrogen functional groups attached to an aromatic ring is 1. The highest BCUT2D eigenvalue weighted by Crippen LogP contribution is 2.29. The van der Waals surface area contributed by atoms with Gasteiger partial charge in [0.1, 0.15) is 11.4 Å². The van der Waals surface area contributed by atoms with Gasteiger partial charge >= 0.3 is 0 Å². The van der Waals surface area contributed by atoms with Gasteiger partial charge in [0.2, 0.25) is 11.2 Å². The lowest BCUT2D eigenvalue weighted by Crippen LogP contribution is -2.04. The Morgan fingerprint density at radius 2 is 2.08 bits per heavy atom. The monoisotopic (exact) mass is 209 g/mol. The molecular formula is C6H6ClF2N3O. The summed E-state index contributed by atoms with van der Waals surface area (Å²) in [6.07, 6.45) is -2.80. The molecule has 1 heterocycles. The van der Waals surface area contributed by atoms with E-state index in [1.54, 1.807) is 0 Å². The Bertz CT molecular complexity index is 321. The summed E-state index contributed by atoms with van der Waals surface area (Å²) in [6, 6.07) is 0. The first-order valence-electron chi connectivity index (χ1n) is 3.21. The molecule has 1 aromatic rings. The van der Waals surface area contributed by atoms with Gasteiger partial charge in [-0.15, -0.1) is 0 Å². The predicted octanol–water partition coefficient (Wildman–Crippen LogP) is 1.66. The maximum absolute atomic E-state index is 12.2. The molecule has 0 radical (unpaired) electrons. The topological polar surface area (TPSA) is 61.0 Å². The SMILES string of the molecule is COc1nc(Cl)nc(C(F)F)c1N. The Hall–Kier alpha value is -1.17. The molecule has 0 fully saturated rings. The van der Waals surface area contributed by atoms with Crippen molar-refractivity contribution in [1.29, 1.82) is 0 Å². The van der Waals surface area contributed by atoms with Gasteiger partial charge < -0.3 is 10.5 Å². The summed E-state index contributed by atoms with van der Waals surface area (Å²) in [7, 11) is 1.25. The minimum atomic E-state index is -2.80. The van der Waals surface area contributed by atoms with E-state index < -0.39 is 12.1 Å². The largest absolute Gasteiger partial charge is 0.479 e. The number of halogens is 3. The summed E-state index contributed by atoms with van der Waals surface area (Å²) in [4.78, 5) is 6.79. The van der Waals surface area contributed by atoms with Gasteiger partial charge in [-0.05, 0) is 11.6 Å². The number of nitrogens with two attached hydrogens (primary N) is 1. The zero-order valence-corrected chi connectivity index (χ0v) is 7.35. The molecular weight excluding hydrogens is 204 g/mol. The second-order valence-corrected chi connectivity index (χ2v) is 2.44. The van der Waals surface area contributed by atoms with Crippen molar-refractivity contribution in [2.75, 3.05) is 12.8 Å². The zero-order valence-electron chi connectivity index (χ0n) is 6.59. The van der Waals surface area contributed by atoms with Crippen LogP contribution in [0.5, 0.6) is 5.88 Å². The third-order valence-electron chi connectivity index (χ3n) is 1.31. The maximum Gasteiger partial charge on any atom is 0.282 e. The standard InChI is InChI=1S/C6H6ClF2N3O/c1-13-5-2(10)3(4(8)9)11-6(7)12-5/h4H,10H2,1H3. The third-order valence-corrected chi connectivity index (χ3v) is 1.48.